The number of hydrogen-bond acceptors (Lipinski definition) is 6. The molecular weight excluding hydrogens is 877 g/mol. The molecule has 400 valence electrons. The first kappa shape index (κ1) is 66.6. The molecular formula is C65H104O6. The molecule has 0 N–H and O–H groups in total. The molecule has 71 heavy (non-hydrogen) atoms. The molecule has 0 rings (SSSR count). The Labute approximate surface area is 436 Å². The fourth-order valence-corrected chi connectivity index (χ4v) is 7.28. The van der Waals surface area contributed by atoms with Crippen LogP contribution in [0.25, 0.3) is 0 Å². The van der Waals surface area contributed by atoms with Crippen molar-refractivity contribution in [3.63, 3.8) is 0 Å². The van der Waals surface area contributed by atoms with Gasteiger partial charge in [-0.2, -0.15) is 0 Å². The van der Waals surface area contributed by atoms with Crippen LogP contribution < -0.4 is 0 Å². The standard InChI is InChI=1S/C65H104O6/c1-4-7-10-13-16-19-22-25-28-31-32-35-37-40-43-46-49-52-55-58-64(67)70-61-62(71-65(68)59-56-53-50-47-44-41-38-34-30-27-24-21-18-15-12-9-6-3)60-69-63(66)57-54-51-48-45-42-39-36-33-29-26-23-20-17-14-11-8-5-2/h16,19,25-30,32,35-36,38-41,43,45,47-50,52,62H,4-15,17-18,20-24,31,33-34,37,42,44,46,51,53-61H2,1-3H3/b19-16-,28-25-,29-26-,30-27-,35-32-,39-36-,41-38-,43-40-,48-45-,50-47-,52-49-/t62-/m0/s1. The van der Waals surface area contributed by atoms with Crippen LogP contribution in [0.1, 0.15) is 239 Å². The van der Waals surface area contributed by atoms with Gasteiger partial charge in [-0.1, -0.05) is 231 Å². The Morgan fingerprint density at radius 3 is 0.901 bits per heavy atom. The number of carbonyl (C=O) groups is 3. The second kappa shape index (κ2) is 58.1. The Hall–Kier alpha value is -4.45. The number of allylic oxidation sites excluding steroid dienone is 22. The molecule has 0 aliphatic carbocycles. The Morgan fingerprint density at radius 1 is 0.282 bits per heavy atom. The molecule has 6 nitrogen and oxygen atoms in total. The first-order valence-corrected chi connectivity index (χ1v) is 28.7. The molecule has 0 aliphatic heterocycles. The van der Waals surface area contributed by atoms with Gasteiger partial charge >= 0.3 is 17.9 Å². The molecule has 0 fully saturated rings. The van der Waals surface area contributed by atoms with E-state index in [2.05, 4.69) is 142 Å². The van der Waals surface area contributed by atoms with Crippen LogP contribution in [0.4, 0.5) is 0 Å². The van der Waals surface area contributed by atoms with E-state index in [1.54, 1.807) is 0 Å². The lowest BCUT2D eigenvalue weighted by molar-refractivity contribution is -0.166. The van der Waals surface area contributed by atoms with Crippen molar-refractivity contribution in [2.45, 2.75) is 245 Å². The summed E-state index contributed by atoms with van der Waals surface area (Å²) in [4.78, 5) is 38.1. The van der Waals surface area contributed by atoms with Gasteiger partial charge in [-0.3, -0.25) is 14.4 Å². The molecule has 1 atom stereocenters. The predicted octanol–water partition coefficient (Wildman–Crippen LogP) is 19.4. The second-order valence-electron chi connectivity index (χ2n) is 18.5. The summed E-state index contributed by atoms with van der Waals surface area (Å²) in [5, 5.41) is 0. The van der Waals surface area contributed by atoms with Gasteiger partial charge in [-0.25, -0.2) is 0 Å². The van der Waals surface area contributed by atoms with Crippen LogP contribution in [0.15, 0.2) is 134 Å². The van der Waals surface area contributed by atoms with E-state index in [0.29, 0.717) is 19.3 Å². The van der Waals surface area contributed by atoms with Crippen molar-refractivity contribution < 1.29 is 28.6 Å². The lowest BCUT2D eigenvalue weighted by atomic mass is 10.1. The number of ether oxygens (including phenoxy) is 3. The molecule has 0 radical (unpaired) electrons. The molecule has 0 aliphatic rings. The summed E-state index contributed by atoms with van der Waals surface area (Å²) in [5.74, 6) is -1.14. The second-order valence-corrected chi connectivity index (χ2v) is 18.5. The highest BCUT2D eigenvalue weighted by Crippen LogP contribution is 2.11. The zero-order chi connectivity index (χ0) is 51.4. The van der Waals surface area contributed by atoms with Crippen LogP contribution in [0, 0.1) is 0 Å². The van der Waals surface area contributed by atoms with Gasteiger partial charge in [0.15, 0.2) is 6.10 Å². The summed E-state index contributed by atoms with van der Waals surface area (Å²) < 4.78 is 16.7. The highest BCUT2D eigenvalue weighted by Gasteiger charge is 2.19. The molecule has 0 saturated heterocycles. The van der Waals surface area contributed by atoms with Crippen molar-refractivity contribution >= 4 is 17.9 Å². The van der Waals surface area contributed by atoms with E-state index < -0.39 is 12.1 Å². The summed E-state index contributed by atoms with van der Waals surface area (Å²) in [6.45, 7) is 6.44. The average molecular weight is 982 g/mol. The Balaban J connectivity index is 4.67. The smallest absolute Gasteiger partial charge is 0.306 e. The van der Waals surface area contributed by atoms with E-state index in [0.717, 1.165) is 64.2 Å². The van der Waals surface area contributed by atoms with Gasteiger partial charge < -0.3 is 14.2 Å². The topological polar surface area (TPSA) is 78.9 Å². The summed E-state index contributed by atoms with van der Waals surface area (Å²) >= 11 is 0. The molecule has 0 heterocycles. The minimum Gasteiger partial charge on any atom is -0.462 e. The Morgan fingerprint density at radius 2 is 0.535 bits per heavy atom. The quantitative estimate of drug-likeness (QED) is 0.0262. The maximum absolute atomic E-state index is 12.8. The van der Waals surface area contributed by atoms with Gasteiger partial charge in [0.2, 0.25) is 0 Å². The Kier molecular flexibility index (Phi) is 54.5. The van der Waals surface area contributed by atoms with E-state index in [1.165, 1.54) is 116 Å². The van der Waals surface area contributed by atoms with Crippen LogP contribution in [-0.2, 0) is 28.6 Å². The molecule has 0 aromatic heterocycles. The number of hydrogen-bond donors (Lipinski definition) is 0. The molecule has 0 spiro atoms. The van der Waals surface area contributed by atoms with Crippen molar-refractivity contribution in [3.05, 3.63) is 134 Å². The van der Waals surface area contributed by atoms with Crippen LogP contribution in [0.3, 0.4) is 0 Å². The highest BCUT2D eigenvalue weighted by atomic mass is 16.6. The summed E-state index contributed by atoms with van der Waals surface area (Å²) in [6, 6.07) is 0. The monoisotopic (exact) mass is 981 g/mol. The van der Waals surface area contributed by atoms with Crippen molar-refractivity contribution in [2.24, 2.45) is 0 Å². The van der Waals surface area contributed by atoms with Crippen molar-refractivity contribution in [3.8, 4) is 0 Å². The maximum Gasteiger partial charge on any atom is 0.306 e. The molecule has 0 saturated carbocycles. The van der Waals surface area contributed by atoms with E-state index in [9.17, 15) is 14.4 Å². The number of rotatable bonds is 50. The molecule has 0 bridgehead atoms. The molecule has 0 amide bonds. The van der Waals surface area contributed by atoms with Gasteiger partial charge in [-0.15, -0.1) is 0 Å². The average Bonchev–Trinajstić information content (AvgIpc) is 3.37. The highest BCUT2D eigenvalue weighted by molar-refractivity contribution is 5.71. The lowest BCUT2D eigenvalue weighted by Gasteiger charge is -2.18. The van der Waals surface area contributed by atoms with Crippen LogP contribution in [0.5, 0.6) is 0 Å². The summed E-state index contributed by atoms with van der Waals surface area (Å²) in [6.07, 6.45) is 81.8. The van der Waals surface area contributed by atoms with E-state index in [1.807, 2.05) is 12.2 Å². The van der Waals surface area contributed by atoms with E-state index in [-0.39, 0.29) is 44.4 Å². The zero-order valence-corrected chi connectivity index (χ0v) is 45.7. The number of carbonyl (C=O) groups excluding carboxylic acids is 3. The van der Waals surface area contributed by atoms with E-state index >= 15 is 0 Å². The van der Waals surface area contributed by atoms with Gasteiger partial charge in [0.05, 0.1) is 0 Å². The first-order valence-electron chi connectivity index (χ1n) is 28.7. The minimum absolute atomic E-state index is 0.151. The largest absolute Gasteiger partial charge is 0.462 e. The number of esters is 3. The first-order chi connectivity index (χ1) is 35.0. The third kappa shape index (κ3) is 56.3. The third-order valence-corrected chi connectivity index (χ3v) is 11.6. The SMILES string of the molecule is CCCCC/C=C\C/C=C\C/C=C\C/C=C\C/C=C\CCC(=O)OC[C@H](COC(=O)CCC/C=C\C/C=C\C/C=C\CCCCCCCC)OC(=O)CCC/C=C\C/C=C\C/C=C\CCCCCCCC. The van der Waals surface area contributed by atoms with Gasteiger partial charge in [0.25, 0.3) is 0 Å². The molecule has 0 aromatic rings. The van der Waals surface area contributed by atoms with Crippen LogP contribution >= 0.6 is 0 Å². The Bertz CT molecular complexity index is 1550. The van der Waals surface area contributed by atoms with E-state index in [4.69, 9.17) is 14.2 Å². The van der Waals surface area contributed by atoms with Crippen molar-refractivity contribution in [2.75, 3.05) is 13.2 Å². The van der Waals surface area contributed by atoms with Crippen molar-refractivity contribution in [1.82, 2.24) is 0 Å². The van der Waals surface area contributed by atoms with Crippen molar-refractivity contribution in [1.29, 1.82) is 0 Å². The summed E-state index contributed by atoms with van der Waals surface area (Å²) in [7, 11) is 0. The lowest BCUT2D eigenvalue weighted by Crippen LogP contribution is -2.30. The fraction of sp³-hybridized carbons (Fsp3) is 0.615. The number of unbranched alkanes of at least 4 members (excludes halogenated alkanes) is 17. The zero-order valence-electron chi connectivity index (χ0n) is 45.7. The molecule has 6 heteroatoms. The van der Waals surface area contributed by atoms with Gasteiger partial charge in [-0.05, 0) is 122 Å². The molecule has 0 aromatic carbocycles. The predicted molar refractivity (Wildman–Crippen MR) is 306 cm³/mol. The van der Waals surface area contributed by atoms with Crippen LogP contribution in [-0.4, -0.2) is 37.2 Å². The summed E-state index contributed by atoms with van der Waals surface area (Å²) in [5.41, 5.74) is 0. The normalized spacial score (nSPS) is 13.1. The van der Waals surface area contributed by atoms with Crippen LogP contribution in [0.2, 0.25) is 0 Å². The fourth-order valence-electron chi connectivity index (χ4n) is 7.28. The molecule has 0 unspecified atom stereocenters. The minimum atomic E-state index is -0.860. The van der Waals surface area contributed by atoms with Gasteiger partial charge in [0, 0.05) is 19.3 Å². The third-order valence-electron chi connectivity index (χ3n) is 11.6. The maximum atomic E-state index is 12.8. The van der Waals surface area contributed by atoms with Gasteiger partial charge in [0.1, 0.15) is 13.2 Å².